The molecule has 0 aliphatic heterocycles. The maximum atomic E-state index is 8.63. The highest BCUT2D eigenvalue weighted by Crippen LogP contribution is 2.44. The van der Waals surface area contributed by atoms with Crippen LogP contribution in [0.1, 0.15) is 44.9 Å². The van der Waals surface area contributed by atoms with Crippen LogP contribution >= 0.6 is 0 Å². The lowest BCUT2D eigenvalue weighted by molar-refractivity contribution is 0.0480. The second-order valence-corrected chi connectivity index (χ2v) is 4.85. The fourth-order valence-corrected chi connectivity index (χ4v) is 3.11. The molecule has 3 atom stereocenters. The monoisotopic (exact) mass is 198 g/mol. The average Bonchev–Trinajstić information content (AvgIpc) is 2.72. The molecule has 2 heteroatoms. The van der Waals surface area contributed by atoms with Crippen LogP contribution in [0.25, 0.3) is 0 Å². The van der Waals surface area contributed by atoms with Crippen LogP contribution in [-0.2, 0) is 4.74 Å². The Morgan fingerprint density at radius 3 is 2.43 bits per heavy atom. The largest absolute Gasteiger partial charge is 0.396 e. The summed E-state index contributed by atoms with van der Waals surface area (Å²) >= 11 is 0. The van der Waals surface area contributed by atoms with Crippen LogP contribution in [0.5, 0.6) is 0 Å². The summed E-state index contributed by atoms with van der Waals surface area (Å²) in [4.78, 5) is 0. The third-order valence-corrected chi connectivity index (χ3v) is 3.85. The van der Waals surface area contributed by atoms with Crippen molar-refractivity contribution in [2.45, 2.75) is 51.0 Å². The number of fused-ring (bicyclic) bond motifs is 1. The molecule has 0 aromatic heterocycles. The van der Waals surface area contributed by atoms with Gasteiger partial charge in [-0.25, -0.2) is 0 Å². The number of ether oxygens (including phenoxy) is 1. The average molecular weight is 198 g/mol. The zero-order valence-electron chi connectivity index (χ0n) is 8.95. The van der Waals surface area contributed by atoms with Gasteiger partial charge in [0.2, 0.25) is 0 Å². The van der Waals surface area contributed by atoms with Gasteiger partial charge in [0.15, 0.2) is 0 Å². The highest BCUT2D eigenvalue weighted by molar-refractivity contribution is 4.88. The lowest BCUT2D eigenvalue weighted by atomic mass is 10.0. The second-order valence-electron chi connectivity index (χ2n) is 4.85. The van der Waals surface area contributed by atoms with Gasteiger partial charge < -0.3 is 9.84 Å². The normalized spacial score (nSPS) is 36.2. The number of hydrogen-bond donors (Lipinski definition) is 1. The van der Waals surface area contributed by atoms with Crippen molar-refractivity contribution in [1.82, 2.24) is 0 Å². The molecule has 1 N–H and O–H groups in total. The molecule has 14 heavy (non-hydrogen) atoms. The number of rotatable bonds is 5. The van der Waals surface area contributed by atoms with Gasteiger partial charge in [-0.2, -0.15) is 0 Å². The van der Waals surface area contributed by atoms with E-state index < -0.39 is 0 Å². The minimum Gasteiger partial charge on any atom is -0.396 e. The minimum absolute atomic E-state index is 0.305. The van der Waals surface area contributed by atoms with E-state index in [1.807, 2.05) is 0 Å². The molecule has 2 nitrogen and oxygen atoms in total. The topological polar surface area (TPSA) is 29.5 Å². The Balaban J connectivity index is 1.60. The number of aliphatic hydroxyl groups excluding tert-OH is 1. The molecule has 0 heterocycles. The summed E-state index contributed by atoms with van der Waals surface area (Å²) in [6.45, 7) is 1.16. The Bertz CT molecular complexity index is 158. The van der Waals surface area contributed by atoms with E-state index in [4.69, 9.17) is 9.84 Å². The number of unbranched alkanes of at least 4 members (excludes halogenated alkanes) is 1. The molecular formula is C12H22O2. The zero-order chi connectivity index (χ0) is 9.80. The fourth-order valence-electron chi connectivity index (χ4n) is 3.11. The molecule has 2 aliphatic rings. The zero-order valence-corrected chi connectivity index (χ0v) is 8.95. The second kappa shape index (κ2) is 5.13. The molecule has 0 aromatic carbocycles. The highest BCUT2D eigenvalue weighted by atomic mass is 16.5. The van der Waals surface area contributed by atoms with Gasteiger partial charge in [-0.05, 0) is 37.5 Å². The van der Waals surface area contributed by atoms with Crippen molar-refractivity contribution in [2.75, 3.05) is 13.2 Å². The van der Waals surface area contributed by atoms with Crippen LogP contribution in [0, 0.1) is 11.8 Å². The molecule has 0 amide bonds. The highest BCUT2D eigenvalue weighted by Gasteiger charge is 2.37. The van der Waals surface area contributed by atoms with E-state index in [0.29, 0.717) is 12.7 Å². The van der Waals surface area contributed by atoms with Crippen molar-refractivity contribution in [3.63, 3.8) is 0 Å². The van der Waals surface area contributed by atoms with Crippen LogP contribution in [0.2, 0.25) is 0 Å². The summed E-state index contributed by atoms with van der Waals surface area (Å²) in [7, 11) is 0. The predicted octanol–water partition coefficient (Wildman–Crippen LogP) is 2.35. The van der Waals surface area contributed by atoms with Crippen molar-refractivity contribution in [2.24, 2.45) is 11.8 Å². The molecule has 0 radical (unpaired) electrons. The summed E-state index contributed by atoms with van der Waals surface area (Å²) in [5, 5.41) is 8.63. The fraction of sp³-hybridized carbons (Fsp3) is 1.00. The van der Waals surface area contributed by atoms with Gasteiger partial charge in [-0.3, -0.25) is 0 Å². The van der Waals surface area contributed by atoms with Gasteiger partial charge >= 0.3 is 0 Å². The Morgan fingerprint density at radius 2 is 1.79 bits per heavy atom. The molecule has 82 valence electrons. The van der Waals surface area contributed by atoms with Gasteiger partial charge in [0.05, 0.1) is 6.10 Å². The number of aliphatic hydroxyl groups is 1. The predicted molar refractivity (Wildman–Crippen MR) is 56.1 cm³/mol. The maximum Gasteiger partial charge on any atom is 0.0580 e. The summed E-state index contributed by atoms with van der Waals surface area (Å²) in [5.74, 6) is 1.97. The maximum absolute atomic E-state index is 8.63. The lowest BCUT2D eigenvalue weighted by Crippen LogP contribution is -2.10. The number of hydrogen-bond acceptors (Lipinski definition) is 2. The summed E-state index contributed by atoms with van der Waals surface area (Å²) in [6, 6.07) is 0. The van der Waals surface area contributed by atoms with Crippen molar-refractivity contribution in [1.29, 1.82) is 0 Å². The Labute approximate surface area is 86.6 Å². The summed E-state index contributed by atoms with van der Waals surface area (Å²) in [5.41, 5.74) is 0. The van der Waals surface area contributed by atoms with Gasteiger partial charge in [-0.15, -0.1) is 0 Å². The molecule has 0 saturated heterocycles. The first-order valence-corrected chi connectivity index (χ1v) is 6.12. The van der Waals surface area contributed by atoms with Gasteiger partial charge in [0.25, 0.3) is 0 Å². The molecule has 0 spiro atoms. The standard InChI is InChI=1S/C12H22O2/c13-6-1-2-7-14-12-8-10-4-3-5-11(10)9-12/h10-13H,1-9H2/t10-,11+,12?. The Morgan fingerprint density at radius 1 is 1.07 bits per heavy atom. The molecule has 2 rings (SSSR count). The van der Waals surface area contributed by atoms with Crippen molar-refractivity contribution >= 4 is 0 Å². The first kappa shape index (κ1) is 10.4. The lowest BCUT2D eigenvalue weighted by Gasteiger charge is -2.12. The van der Waals surface area contributed by atoms with Gasteiger partial charge in [0, 0.05) is 13.2 Å². The minimum atomic E-state index is 0.305. The third kappa shape index (κ3) is 2.48. The van der Waals surface area contributed by atoms with E-state index in [1.165, 1.54) is 32.1 Å². The van der Waals surface area contributed by atoms with E-state index in [0.717, 1.165) is 31.3 Å². The molecule has 2 saturated carbocycles. The van der Waals surface area contributed by atoms with Crippen LogP contribution in [0.3, 0.4) is 0 Å². The van der Waals surface area contributed by atoms with E-state index in [1.54, 1.807) is 0 Å². The smallest absolute Gasteiger partial charge is 0.0580 e. The van der Waals surface area contributed by atoms with E-state index in [2.05, 4.69) is 0 Å². The van der Waals surface area contributed by atoms with Crippen molar-refractivity contribution < 1.29 is 9.84 Å². The molecular weight excluding hydrogens is 176 g/mol. The van der Waals surface area contributed by atoms with Gasteiger partial charge in [0.1, 0.15) is 0 Å². The summed E-state index contributed by atoms with van der Waals surface area (Å²) < 4.78 is 5.83. The first-order chi connectivity index (χ1) is 6.90. The van der Waals surface area contributed by atoms with E-state index in [9.17, 15) is 0 Å². The molecule has 0 bridgehead atoms. The Hall–Kier alpha value is -0.0800. The van der Waals surface area contributed by atoms with E-state index >= 15 is 0 Å². The van der Waals surface area contributed by atoms with Crippen molar-refractivity contribution in [3.8, 4) is 0 Å². The van der Waals surface area contributed by atoms with E-state index in [-0.39, 0.29) is 0 Å². The van der Waals surface area contributed by atoms with Crippen LogP contribution in [0.15, 0.2) is 0 Å². The molecule has 1 unspecified atom stereocenters. The SMILES string of the molecule is OCCCCOC1C[C@H]2CCC[C@H]2C1. The van der Waals surface area contributed by atoms with Crippen LogP contribution in [-0.4, -0.2) is 24.4 Å². The quantitative estimate of drug-likeness (QED) is 0.687. The van der Waals surface area contributed by atoms with Crippen LogP contribution in [0.4, 0.5) is 0 Å². The first-order valence-electron chi connectivity index (χ1n) is 6.12. The van der Waals surface area contributed by atoms with Gasteiger partial charge in [-0.1, -0.05) is 19.3 Å². The Kier molecular flexibility index (Phi) is 3.82. The van der Waals surface area contributed by atoms with Crippen LogP contribution < -0.4 is 0 Å². The molecule has 2 aliphatic carbocycles. The third-order valence-electron chi connectivity index (χ3n) is 3.85. The molecule has 2 fully saturated rings. The van der Waals surface area contributed by atoms with Crippen molar-refractivity contribution in [3.05, 3.63) is 0 Å². The summed E-state index contributed by atoms with van der Waals surface area (Å²) in [6.07, 6.45) is 9.41. The molecule has 0 aromatic rings.